The van der Waals surface area contributed by atoms with Crippen molar-refractivity contribution in [3.8, 4) is 0 Å². The van der Waals surface area contributed by atoms with Crippen LogP contribution in [0, 0.1) is 75.9 Å². The number of hydrogen-bond acceptors (Lipinski definition) is 3. The van der Waals surface area contributed by atoms with Gasteiger partial charge in [0.05, 0.1) is 12.5 Å². The minimum absolute atomic E-state index is 0.0699. The standard InChI is InChI=1S/C35H38O3/c1-38-33(37)35(18-20-11-6-3-7-12-20)29-22-14-8-13-21(22)28-26(29)27-30(35)23-15-16-24-25(23)31(27)34(28,32(24)36)17-19-9-4-2-5-10-19/h2-7,9-12,21-31H,8,13-18H2,1H3/t21-,22+,23-,24-,25-,26-,27-,28+,29+,30-,31-,34+,35+/m0/s1. The van der Waals surface area contributed by atoms with Crippen molar-refractivity contribution in [2.45, 2.75) is 44.9 Å². The lowest BCUT2D eigenvalue weighted by atomic mass is 9.60. The number of carbonyl (C=O) groups excluding carboxylic acids is 2. The maximum Gasteiger partial charge on any atom is 0.312 e. The van der Waals surface area contributed by atoms with Crippen LogP contribution in [0.3, 0.4) is 0 Å². The Morgan fingerprint density at radius 1 is 0.737 bits per heavy atom. The summed E-state index contributed by atoms with van der Waals surface area (Å²) < 4.78 is 5.85. The SMILES string of the molecule is COC(=O)[C@]1(Cc2ccccc2)[C@@H]2[C@@H]3CCC[C@@H]3[C@@H]3[C@@H]2[C@@H]2[C@@H]4[C@H]5[C@H](CC[C@@H]5C(=O)[C@@]43Cc3ccccc3)[C@@H]21. The Hall–Kier alpha value is -2.42. The summed E-state index contributed by atoms with van der Waals surface area (Å²) >= 11 is 0. The molecule has 9 rings (SSSR count). The van der Waals surface area contributed by atoms with Gasteiger partial charge in [0, 0.05) is 11.3 Å². The van der Waals surface area contributed by atoms with Crippen LogP contribution in [0.25, 0.3) is 0 Å². The lowest BCUT2D eigenvalue weighted by Crippen LogP contribution is -2.48. The molecule has 0 radical (unpaired) electrons. The Labute approximate surface area is 225 Å². The Morgan fingerprint density at radius 2 is 1.34 bits per heavy atom. The Bertz CT molecular complexity index is 1310. The Balaban J connectivity index is 1.28. The van der Waals surface area contributed by atoms with Crippen LogP contribution in [-0.2, 0) is 27.2 Å². The number of benzene rings is 2. The van der Waals surface area contributed by atoms with E-state index in [1.807, 2.05) is 0 Å². The van der Waals surface area contributed by atoms with Crippen LogP contribution in [0.1, 0.15) is 43.2 Å². The van der Waals surface area contributed by atoms with Crippen LogP contribution in [-0.4, -0.2) is 18.9 Å². The van der Waals surface area contributed by atoms with Crippen molar-refractivity contribution in [2.24, 2.45) is 75.9 Å². The minimum atomic E-state index is -0.431. The van der Waals surface area contributed by atoms with Gasteiger partial charge in [0.1, 0.15) is 5.78 Å². The molecule has 0 heterocycles. The lowest BCUT2D eigenvalue weighted by Gasteiger charge is -2.42. The highest BCUT2D eigenvalue weighted by atomic mass is 16.5. The predicted molar refractivity (Wildman–Crippen MR) is 144 cm³/mol. The average molecular weight is 507 g/mol. The van der Waals surface area contributed by atoms with Crippen molar-refractivity contribution in [3.05, 3.63) is 71.8 Å². The summed E-state index contributed by atoms with van der Waals surface area (Å²) in [6.07, 6.45) is 7.66. The normalized spacial score (nSPS) is 50.0. The summed E-state index contributed by atoms with van der Waals surface area (Å²) in [5.41, 5.74) is 2.01. The third-order valence-corrected chi connectivity index (χ3v) is 13.7. The summed E-state index contributed by atoms with van der Waals surface area (Å²) in [5.74, 6) is 5.82. The summed E-state index contributed by atoms with van der Waals surface area (Å²) in [7, 11) is 1.64. The molecular formula is C35H38O3. The zero-order valence-corrected chi connectivity index (χ0v) is 22.3. The molecule has 0 saturated heterocycles. The number of esters is 1. The van der Waals surface area contributed by atoms with Crippen LogP contribution in [0.15, 0.2) is 60.7 Å². The molecule has 2 aromatic rings. The Morgan fingerprint density at radius 3 is 2.03 bits per heavy atom. The summed E-state index contributed by atoms with van der Waals surface area (Å²) in [5, 5.41) is 0. The van der Waals surface area contributed by atoms with Gasteiger partial charge >= 0.3 is 5.97 Å². The molecule has 7 aliphatic rings. The maximum absolute atomic E-state index is 14.8. The molecule has 0 aromatic heterocycles. The molecule has 0 amide bonds. The van der Waals surface area contributed by atoms with E-state index in [4.69, 9.17) is 4.74 Å². The van der Waals surface area contributed by atoms with Crippen LogP contribution >= 0.6 is 0 Å². The third kappa shape index (κ3) is 2.30. The zero-order chi connectivity index (χ0) is 25.4. The van der Waals surface area contributed by atoms with Crippen molar-refractivity contribution in [3.63, 3.8) is 0 Å². The monoisotopic (exact) mass is 506 g/mol. The van der Waals surface area contributed by atoms with Crippen LogP contribution < -0.4 is 0 Å². The number of fused-ring (bicyclic) bond motifs is 5. The molecule has 0 aliphatic heterocycles. The number of carbonyl (C=O) groups is 2. The maximum atomic E-state index is 14.8. The van der Waals surface area contributed by atoms with Gasteiger partial charge in [0.25, 0.3) is 0 Å². The van der Waals surface area contributed by atoms with Crippen LogP contribution in [0.2, 0.25) is 0 Å². The second-order valence-electron chi connectivity index (χ2n) is 14.2. The molecule has 0 spiro atoms. The van der Waals surface area contributed by atoms with Crippen LogP contribution in [0.5, 0.6) is 0 Å². The van der Waals surface area contributed by atoms with Crippen molar-refractivity contribution in [1.82, 2.24) is 0 Å². The highest BCUT2D eigenvalue weighted by Gasteiger charge is 2.89. The van der Waals surface area contributed by atoms with Crippen LogP contribution in [0.4, 0.5) is 0 Å². The van der Waals surface area contributed by atoms with Crippen molar-refractivity contribution < 1.29 is 14.3 Å². The lowest BCUT2D eigenvalue weighted by molar-refractivity contribution is -0.162. The highest BCUT2D eigenvalue weighted by molar-refractivity contribution is 5.93. The van der Waals surface area contributed by atoms with E-state index in [0.717, 1.165) is 25.7 Å². The molecule has 2 aromatic carbocycles. The zero-order valence-electron chi connectivity index (χ0n) is 22.3. The number of hydrogen-bond donors (Lipinski definition) is 0. The molecular weight excluding hydrogens is 468 g/mol. The molecule has 196 valence electrons. The van der Waals surface area contributed by atoms with Gasteiger partial charge in [-0.3, -0.25) is 9.59 Å². The quantitative estimate of drug-likeness (QED) is 0.467. The fourth-order valence-electron chi connectivity index (χ4n) is 13.7. The van der Waals surface area contributed by atoms with Gasteiger partial charge < -0.3 is 4.74 Å². The number of methoxy groups -OCH3 is 1. The van der Waals surface area contributed by atoms with Gasteiger partial charge in [-0.05, 0) is 109 Å². The van der Waals surface area contributed by atoms with E-state index in [1.165, 1.54) is 30.4 Å². The molecule has 7 fully saturated rings. The molecule has 3 nitrogen and oxygen atoms in total. The molecule has 38 heavy (non-hydrogen) atoms. The number of ether oxygens (including phenoxy) is 1. The van der Waals surface area contributed by atoms with Gasteiger partial charge in [-0.1, -0.05) is 67.1 Å². The van der Waals surface area contributed by atoms with Gasteiger partial charge in [-0.25, -0.2) is 0 Å². The first-order chi connectivity index (χ1) is 18.6. The first kappa shape index (κ1) is 22.4. The van der Waals surface area contributed by atoms with E-state index in [0.29, 0.717) is 65.0 Å². The summed E-state index contributed by atoms with van der Waals surface area (Å²) in [4.78, 5) is 29.1. The first-order valence-electron chi connectivity index (χ1n) is 15.3. The van der Waals surface area contributed by atoms with E-state index in [2.05, 4.69) is 60.7 Å². The number of ketones is 1. The summed E-state index contributed by atoms with van der Waals surface area (Å²) in [6, 6.07) is 21.7. The van der Waals surface area contributed by atoms with E-state index in [-0.39, 0.29) is 17.3 Å². The molecule has 7 aliphatic carbocycles. The van der Waals surface area contributed by atoms with E-state index >= 15 is 0 Å². The number of rotatable bonds is 5. The second kappa shape index (κ2) is 7.40. The molecule has 7 saturated carbocycles. The van der Waals surface area contributed by atoms with Crippen molar-refractivity contribution >= 4 is 11.8 Å². The molecule has 0 bridgehead atoms. The van der Waals surface area contributed by atoms with Gasteiger partial charge in [-0.15, -0.1) is 0 Å². The predicted octanol–water partition coefficient (Wildman–Crippen LogP) is 6.01. The third-order valence-electron chi connectivity index (χ3n) is 13.7. The largest absolute Gasteiger partial charge is 0.469 e. The second-order valence-corrected chi connectivity index (χ2v) is 14.2. The highest BCUT2D eigenvalue weighted by Crippen LogP contribution is 2.88. The molecule has 13 atom stereocenters. The Kier molecular flexibility index (Phi) is 4.36. The van der Waals surface area contributed by atoms with Crippen molar-refractivity contribution in [1.29, 1.82) is 0 Å². The van der Waals surface area contributed by atoms with Gasteiger partial charge in [-0.2, -0.15) is 0 Å². The molecule has 0 N–H and O–H groups in total. The molecule has 0 unspecified atom stereocenters. The first-order valence-corrected chi connectivity index (χ1v) is 15.3. The topological polar surface area (TPSA) is 43.4 Å². The van der Waals surface area contributed by atoms with E-state index in [1.54, 1.807) is 7.11 Å². The van der Waals surface area contributed by atoms with E-state index < -0.39 is 5.41 Å². The fourth-order valence-corrected chi connectivity index (χ4v) is 13.7. The smallest absolute Gasteiger partial charge is 0.312 e. The van der Waals surface area contributed by atoms with E-state index in [9.17, 15) is 9.59 Å². The average Bonchev–Trinajstić information content (AvgIpc) is 3.75. The number of Topliss-reactive ketones (excluding diaryl/α,β-unsaturated/α-hetero) is 1. The van der Waals surface area contributed by atoms with Crippen molar-refractivity contribution in [2.75, 3.05) is 7.11 Å². The summed E-state index contributed by atoms with van der Waals surface area (Å²) in [6.45, 7) is 0. The fraction of sp³-hybridized carbons (Fsp3) is 0.600. The van der Waals surface area contributed by atoms with Gasteiger partial charge in [0.15, 0.2) is 0 Å². The van der Waals surface area contributed by atoms with Gasteiger partial charge in [0.2, 0.25) is 0 Å². The minimum Gasteiger partial charge on any atom is -0.469 e. The molecule has 3 heteroatoms.